The molecule has 1 amide bonds. The zero-order valence-corrected chi connectivity index (χ0v) is 12.6. The van der Waals surface area contributed by atoms with Crippen LogP contribution < -0.4 is 10.2 Å². The lowest BCUT2D eigenvalue weighted by molar-refractivity contribution is 0.0936. The second-order valence-corrected chi connectivity index (χ2v) is 5.59. The Morgan fingerprint density at radius 2 is 2.25 bits per heavy atom. The summed E-state index contributed by atoms with van der Waals surface area (Å²) in [6.07, 6.45) is 4.74. The number of fused-ring (bicyclic) bond motifs is 1. The van der Waals surface area contributed by atoms with E-state index in [-0.39, 0.29) is 11.6 Å². The smallest absolute Gasteiger partial charge is 0.254 e. The third-order valence-electron chi connectivity index (χ3n) is 4.01. The Labute approximate surface area is 136 Å². The summed E-state index contributed by atoms with van der Waals surface area (Å²) in [5, 5.41) is 15.0. The van der Waals surface area contributed by atoms with E-state index >= 15 is 0 Å². The van der Waals surface area contributed by atoms with Crippen LogP contribution in [-0.2, 0) is 0 Å². The summed E-state index contributed by atoms with van der Waals surface area (Å²) in [7, 11) is 0. The van der Waals surface area contributed by atoms with Crippen molar-refractivity contribution in [2.75, 3.05) is 18.0 Å². The second kappa shape index (κ2) is 5.84. The minimum Gasteiger partial charge on any atom is -0.353 e. The maximum absolute atomic E-state index is 13.6. The number of anilines is 1. The van der Waals surface area contributed by atoms with Gasteiger partial charge in [-0.2, -0.15) is 4.52 Å². The van der Waals surface area contributed by atoms with Crippen LogP contribution in [0.1, 0.15) is 16.8 Å². The number of aromatic nitrogens is 5. The molecule has 0 radical (unpaired) electrons. The molecule has 3 aromatic heterocycles. The molecule has 1 aliphatic heterocycles. The second-order valence-electron chi connectivity index (χ2n) is 5.59. The number of nitrogens with zero attached hydrogens (tertiary/aromatic N) is 6. The summed E-state index contributed by atoms with van der Waals surface area (Å²) < 4.78 is 15.2. The number of carbonyl (C=O) groups is 1. The van der Waals surface area contributed by atoms with Crippen molar-refractivity contribution in [3.05, 3.63) is 48.3 Å². The van der Waals surface area contributed by atoms with Gasteiger partial charge in [0.2, 0.25) is 0 Å². The summed E-state index contributed by atoms with van der Waals surface area (Å²) in [5.41, 5.74) is 0.684. The Morgan fingerprint density at radius 1 is 1.33 bits per heavy atom. The van der Waals surface area contributed by atoms with Crippen molar-refractivity contribution in [2.24, 2.45) is 0 Å². The Kier molecular flexibility index (Phi) is 3.52. The molecule has 1 N–H and O–H groups in total. The molecule has 4 rings (SSSR count). The number of nitrogens with one attached hydrogen (secondary N) is 1. The van der Waals surface area contributed by atoms with Gasteiger partial charge >= 0.3 is 0 Å². The van der Waals surface area contributed by atoms with Gasteiger partial charge in [0.15, 0.2) is 11.5 Å². The van der Waals surface area contributed by atoms with Gasteiger partial charge in [0.25, 0.3) is 5.91 Å². The van der Waals surface area contributed by atoms with Crippen LogP contribution in [0, 0.1) is 5.82 Å². The lowest BCUT2D eigenvalue weighted by Gasteiger charge is -2.17. The predicted octanol–water partition coefficient (Wildman–Crippen LogP) is 0.667. The molecule has 0 saturated carbocycles. The quantitative estimate of drug-likeness (QED) is 0.760. The largest absolute Gasteiger partial charge is 0.353 e. The Hall–Kier alpha value is -3.10. The van der Waals surface area contributed by atoms with Crippen LogP contribution in [0.4, 0.5) is 10.2 Å². The van der Waals surface area contributed by atoms with Crippen LogP contribution in [0.15, 0.2) is 36.9 Å². The normalized spacial score (nSPS) is 17.4. The first-order chi connectivity index (χ1) is 11.7. The molecule has 0 spiro atoms. The van der Waals surface area contributed by atoms with Crippen LogP contribution in [0.5, 0.6) is 0 Å². The number of carbonyl (C=O) groups excluding carboxylic acids is 1. The first-order valence-electron chi connectivity index (χ1n) is 7.53. The third kappa shape index (κ3) is 2.64. The zero-order valence-electron chi connectivity index (χ0n) is 12.6. The SMILES string of the molecule is O=C(N[C@@H]1CCN(c2ccc3nncn3n2)C1)c1ccncc1F. The Bertz CT molecular complexity index is 896. The number of rotatable bonds is 3. The highest BCUT2D eigenvalue weighted by atomic mass is 19.1. The molecule has 1 aliphatic rings. The number of amides is 1. The number of pyridine rings is 1. The maximum atomic E-state index is 13.6. The van der Waals surface area contributed by atoms with E-state index < -0.39 is 11.7 Å². The minimum absolute atomic E-state index is 0.00693. The topological polar surface area (TPSA) is 88.3 Å². The van der Waals surface area contributed by atoms with Crippen LogP contribution in [0.2, 0.25) is 0 Å². The summed E-state index contributed by atoms with van der Waals surface area (Å²) >= 11 is 0. The predicted molar refractivity (Wildman–Crippen MR) is 83.1 cm³/mol. The van der Waals surface area contributed by atoms with Gasteiger partial charge in [-0.3, -0.25) is 9.78 Å². The average molecular weight is 327 g/mol. The van der Waals surface area contributed by atoms with Gasteiger partial charge in [-0.25, -0.2) is 4.39 Å². The molecule has 24 heavy (non-hydrogen) atoms. The fraction of sp³-hybridized carbons (Fsp3) is 0.267. The first-order valence-corrected chi connectivity index (χ1v) is 7.53. The van der Waals surface area contributed by atoms with Gasteiger partial charge in [-0.1, -0.05) is 0 Å². The van der Waals surface area contributed by atoms with E-state index in [1.54, 1.807) is 10.8 Å². The monoisotopic (exact) mass is 327 g/mol. The highest BCUT2D eigenvalue weighted by Gasteiger charge is 2.26. The molecule has 1 fully saturated rings. The standard InChI is InChI=1S/C15H14FN7O/c16-12-7-17-5-3-11(12)15(24)19-10-4-6-22(8-10)14-2-1-13-20-18-9-23(13)21-14/h1-3,5,7,9-10H,4,6,8H2,(H,19,24)/t10-/m1/s1. The van der Waals surface area contributed by atoms with Crippen molar-refractivity contribution in [3.63, 3.8) is 0 Å². The Morgan fingerprint density at radius 3 is 3.12 bits per heavy atom. The molecule has 122 valence electrons. The van der Waals surface area contributed by atoms with Crippen molar-refractivity contribution < 1.29 is 9.18 Å². The zero-order chi connectivity index (χ0) is 16.5. The van der Waals surface area contributed by atoms with Crippen molar-refractivity contribution in [1.82, 2.24) is 30.1 Å². The highest BCUT2D eigenvalue weighted by Crippen LogP contribution is 2.18. The molecule has 1 saturated heterocycles. The summed E-state index contributed by atoms with van der Waals surface area (Å²) in [5.74, 6) is -0.261. The molecule has 8 nitrogen and oxygen atoms in total. The average Bonchev–Trinajstić information content (AvgIpc) is 3.23. The van der Waals surface area contributed by atoms with Crippen molar-refractivity contribution >= 4 is 17.4 Å². The molecule has 1 atom stereocenters. The van der Waals surface area contributed by atoms with Crippen LogP contribution in [-0.4, -0.2) is 49.8 Å². The van der Waals surface area contributed by atoms with Gasteiger partial charge in [0.05, 0.1) is 11.8 Å². The molecular weight excluding hydrogens is 313 g/mol. The van der Waals surface area contributed by atoms with Crippen LogP contribution in [0.25, 0.3) is 5.65 Å². The number of hydrogen-bond donors (Lipinski definition) is 1. The highest BCUT2D eigenvalue weighted by molar-refractivity contribution is 5.94. The fourth-order valence-electron chi connectivity index (χ4n) is 2.80. The number of hydrogen-bond acceptors (Lipinski definition) is 6. The van der Waals surface area contributed by atoms with E-state index in [9.17, 15) is 9.18 Å². The van der Waals surface area contributed by atoms with Crippen molar-refractivity contribution in [1.29, 1.82) is 0 Å². The lowest BCUT2D eigenvalue weighted by Crippen LogP contribution is -2.37. The van der Waals surface area contributed by atoms with E-state index in [1.807, 2.05) is 12.1 Å². The van der Waals surface area contributed by atoms with Crippen molar-refractivity contribution in [2.45, 2.75) is 12.5 Å². The van der Waals surface area contributed by atoms with Gasteiger partial charge < -0.3 is 10.2 Å². The van der Waals surface area contributed by atoms with E-state index in [1.165, 1.54) is 12.3 Å². The Balaban J connectivity index is 1.44. The lowest BCUT2D eigenvalue weighted by atomic mass is 10.2. The summed E-state index contributed by atoms with van der Waals surface area (Å²) in [4.78, 5) is 17.9. The molecular formula is C15H14FN7O. The van der Waals surface area contributed by atoms with Crippen LogP contribution >= 0.6 is 0 Å². The van der Waals surface area contributed by atoms with E-state index in [0.717, 1.165) is 25.0 Å². The fourth-order valence-corrected chi connectivity index (χ4v) is 2.80. The summed E-state index contributed by atoms with van der Waals surface area (Å²) in [6, 6.07) is 5.02. The van der Waals surface area contributed by atoms with Gasteiger partial charge in [0, 0.05) is 25.3 Å². The maximum Gasteiger partial charge on any atom is 0.254 e. The summed E-state index contributed by atoms with van der Waals surface area (Å²) in [6.45, 7) is 1.36. The molecule has 0 aromatic carbocycles. The first kappa shape index (κ1) is 14.5. The van der Waals surface area contributed by atoms with E-state index in [4.69, 9.17) is 0 Å². The molecule has 0 aliphatic carbocycles. The third-order valence-corrected chi connectivity index (χ3v) is 4.01. The minimum atomic E-state index is -0.621. The molecule has 0 unspecified atom stereocenters. The van der Waals surface area contributed by atoms with Gasteiger partial charge in [-0.05, 0) is 24.6 Å². The van der Waals surface area contributed by atoms with Crippen molar-refractivity contribution in [3.8, 4) is 0 Å². The number of halogens is 1. The van der Waals surface area contributed by atoms with Crippen LogP contribution in [0.3, 0.4) is 0 Å². The van der Waals surface area contributed by atoms with E-state index in [0.29, 0.717) is 12.2 Å². The van der Waals surface area contributed by atoms with E-state index in [2.05, 4.69) is 30.5 Å². The van der Waals surface area contributed by atoms with Gasteiger partial charge in [0.1, 0.15) is 12.1 Å². The van der Waals surface area contributed by atoms with Gasteiger partial charge in [-0.15, -0.1) is 15.3 Å². The molecule has 9 heteroatoms. The molecule has 0 bridgehead atoms. The molecule has 3 aromatic rings. The molecule has 4 heterocycles.